The first-order valence-corrected chi connectivity index (χ1v) is 8.87. The van der Waals surface area contributed by atoms with Gasteiger partial charge in [0.2, 0.25) is 5.91 Å². The Morgan fingerprint density at radius 1 is 1.00 bits per heavy atom. The van der Waals surface area contributed by atoms with E-state index in [0.29, 0.717) is 33.1 Å². The molecule has 0 heterocycles. The highest BCUT2D eigenvalue weighted by molar-refractivity contribution is 7.99. The van der Waals surface area contributed by atoms with Crippen molar-refractivity contribution in [3.8, 4) is 0 Å². The van der Waals surface area contributed by atoms with Crippen LogP contribution in [0.4, 0.5) is 0 Å². The van der Waals surface area contributed by atoms with Crippen LogP contribution in [-0.2, 0) is 17.1 Å². The van der Waals surface area contributed by atoms with Crippen LogP contribution in [0.1, 0.15) is 11.1 Å². The zero-order valence-electron chi connectivity index (χ0n) is 11.6. The van der Waals surface area contributed by atoms with Crippen molar-refractivity contribution in [2.24, 2.45) is 0 Å². The molecule has 2 rings (SSSR count). The summed E-state index contributed by atoms with van der Waals surface area (Å²) in [7, 11) is 0. The maximum Gasteiger partial charge on any atom is 0.230 e. The van der Waals surface area contributed by atoms with Gasteiger partial charge in [-0.3, -0.25) is 4.79 Å². The predicted octanol–water partition coefficient (Wildman–Crippen LogP) is 5.20. The molecule has 0 saturated carbocycles. The minimum atomic E-state index is -0.0232. The fourth-order valence-corrected chi connectivity index (χ4v) is 3.11. The molecule has 0 bridgehead atoms. The molecule has 2 nitrogen and oxygen atoms in total. The van der Waals surface area contributed by atoms with E-state index in [9.17, 15) is 4.79 Å². The van der Waals surface area contributed by atoms with Gasteiger partial charge in [-0.25, -0.2) is 0 Å². The van der Waals surface area contributed by atoms with Gasteiger partial charge in [-0.05, 0) is 29.3 Å². The summed E-state index contributed by atoms with van der Waals surface area (Å²) in [6, 6.07) is 12.9. The van der Waals surface area contributed by atoms with E-state index in [4.69, 9.17) is 34.8 Å². The molecule has 116 valence electrons. The number of rotatable bonds is 6. The van der Waals surface area contributed by atoms with E-state index >= 15 is 0 Å². The van der Waals surface area contributed by atoms with Gasteiger partial charge in [0, 0.05) is 17.3 Å². The van der Waals surface area contributed by atoms with E-state index in [1.54, 1.807) is 6.07 Å². The molecule has 0 radical (unpaired) electrons. The summed E-state index contributed by atoms with van der Waals surface area (Å²) in [4.78, 5) is 11.8. The molecule has 1 N–H and O–H groups in total. The van der Waals surface area contributed by atoms with E-state index in [1.165, 1.54) is 11.8 Å². The van der Waals surface area contributed by atoms with Crippen LogP contribution in [0.2, 0.25) is 15.1 Å². The fraction of sp³-hybridized carbons (Fsp3) is 0.188. The second-order valence-corrected chi connectivity index (χ2v) is 6.82. The summed E-state index contributed by atoms with van der Waals surface area (Å²) in [5, 5.41) is 4.58. The van der Waals surface area contributed by atoms with Crippen LogP contribution in [0, 0.1) is 0 Å². The molecule has 22 heavy (non-hydrogen) atoms. The Bertz CT molecular complexity index is 664. The number of benzene rings is 2. The molecule has 0 fully saturated rings. The lowest BCUT2D eigenvalue weighted by Crippen LogP contribution is -2.24. The molecule has 0 aliphatic heterocycles. The van der Waals surface area contributed by atoms with Crippen molar-refractivity contribution in [2.75, 3.05) is 5.75 Å². The highest BCUT2D eigenvalue weighted by Gasteiger charge is 2.05. The van der Waals surface area contributed by atoms with E-state index in [2.05, 4.69) is 5.32 Å². The van der Waals surface area contributed by atoms with Gasteiger partial charge in [-0.1, -0.05) is 59.1 Å². The van der Waals surface area contributed by atoms with E-state index in [-0.39, 0.29) is 5.91 Å². The number of hydrogen-bond donors (Lipinski definition) is 1. The van der Waals surface area contributed by atoms with Crippen molar-refractivity contribution in [2.45, 2.75) is 12.3 Å². The Kier molecular flexibility index (Phi) is 6.90. The molecule has 6 heteroatoms. The average molecular weight is 375 g/mol. The summed E-state index contributed by atoms with van der Waals surface area (Å²) in [5.41, 5.74) is 1.95. The molecule has 2 aromatic carbocycles. The topological polar surface area (TPSA) is 29.1 Å². The molecule has 0 unspecified atom stereocenters. The zero-order valence-corrected chi connectivity index (χ0v) is 14.7. The number of amides is 1. The molecular weight excluding hydrogens is 361 g/mol. The molecule has 0 atom stereocenters. The first-order chi connectivity index (χ1) is 10.6. The normalized spacial score (nSPS) is 10.5. The number of nitrogens with one attached hydrogen (secondary N) is 1. The average Bonchev–Trinajstić information content (AvgIpc) is 2.50. The van der Waals surface area contributed by atoms with Gasteiger partial charge in [0.15, 0.2) is 0 Å². The van der Waals surface area contributed by atoms with Crippen LogP contribution in [-0.4, -0.2) is 11.7 Å². The van der Waals surface area contributed by atoms with Crippen LogP contribution < -0.4 is 5.32 Å². The lowest BCUT2D eigenvalue weighted by molar-refractivity contribution is -0.118. The smallest absolute Gasteiger partial charge is 0.230 e. The Morgan fingerprint density at radius 3 is 2.50 bits per heavy atom. The highest BCUT2D eigenvalue weighted by atomic mass is 35.5. The maximum atomic E-state index is 11.8. The van der Waals surface area contributed by atoms with Gasteiger partial charge in [0.25, 0.3) is 0 Å². The second kappa shape index (κ2) is 8.68. The van der Waals surface area contributed by atoms with Gasteiger partial charge in [-0.2, -0.15) is 0 Å². The van der Waals surface area contributed by atoms with Crippen LogP contribution >= 0.6 is 46.6 Å². The molecule has 2 aromatic rings. The Hall–Kier alpha value is -0.870. The van der Waals surface area contributed by atoms with Crippen molar-refractivity contribution in [1.82, 2.24) is 5.32 Å². The monoisotopic (exact) mass is 373 g/mol. The largest absolute Gasteiger partial charge is 0.351 e. The van der Waals surface area contributed by atoms with Crippen molar-refractivity contribution in [1.29, 1.82) is 0 Å². The molecule has 0 aliphatic carbocycles. The summed E-state index contributed by atoms with van der Waals surface area (Å²) < 4.78 is 0. The van der Waals surface area contributed by atoms with E-state index < -0.39 is 0 Å². The number of hydrogen-bond acceptors (Lipinski definition) is 2. The number of carbonyl (C=O) groups is 1. The summed E-state index contributed by atoms with van der Waals surface area (Å²) in [5.74, 6) is 1.06. The quantitative estimate of drug-likeness (QED) is 0.753. The van der Waals surface area contributed by atoms with Crippen LogP contribution in [0.5, 0.6) is 0 Å². The minimum Gasteiger partial charge on any atom is -0.351 e. The van der Waals surface area contributed by atoms with E-state index in [0.717, 1.165) is 11.1 Å². The van der Waals surface area contributed by atoms with Crippen LogP contribution in [0.15, 0.2) is 42.5 Å². The predicted molar refractivity (Wildman–Crippen MR) is 95.9 cm³/mol. The summed E-state index contributed by atoms with van der Waals surface area (Å²) >= 11 is 19.4. The van der Waals surface area contributed by atoms with Gasteiger partial charge < -0.3 is 5.32 Å². The Labute approximate surface area is 149 Å². The molecule has 0 saturated heterocycles. The third-order valence-corrected chi connectivity index (χ3v) is 5.03. The maximum absolute atomic E-state index is 11.8. The standard InChI is InChI=1S/C16H14Cl3NOS/c17-13-4-2-1-3-12(13)8-20-16(21)10-22-9-11-5-6-14(18)15(19)7-11/h1-7H,8-10H2,(H,20,21). The van der Waals surface area contributed by atoms with Gasteiger partial charge in [-0.15, -0.1) is 11.8 Å². The highest BCUT2D eigenvalue weighted by Crippen LogP contribution is 2.24. The summed E-state index contributed by atoms with van der Waals surface area (Å²) in [6.07, 6.45) is 0. The molecular formula is C16H14Cl3NOS. The molecule has 0 aromatic heterocycles. The van der Waals surface area contributed by atoms with Crippen molar-refractivity contribution in [3.63, 3.8) is 0 Å². The van der Waals surface area contributed by atoms with Crippen molar-refractivity contribution < 1.29 is 4.79 Å². The molecule has 1 amide bonds. The lowest BCUT2D eigenvalue weighted by Gasteiger charge is -2.07. The van der Waals surface area contributed by atoms with Gasteiger partial charge in [0.05, 0.1) is 15.8 Å². The third-order valence-electron chi connectivity index (χ3n) is 2.92. The first-order valence-electron chi connectivity index (χ1n) is 6.58. The second-order valence-electron chi connectivity index (χ2n) is 4.61. The Morgan fingerprint density at radius 2 is 1.77 bits per heavy atom. The zero-order chi connectivity index (χ0) is 15.9. The molecule has 0 aliphatic rings. The number of thioether (sulfide) groups is 1. The minimum absolute atomic E-state index is 0.0232. The SMILES string of the molecule is O=C(CSCc1ccc(Cl)c(Cl)c1)NCc1ccccc1Cl. The number of halogens is 3. The molecule has 0 spiro atoms. The third kappa shape index (κ3) is 5.40. The number of carbonyl (C=O) groups excluding carboxylic acids is 1. The van der Waals surface area contributed by atoms with Crippen molar-refractivity contribution >= 4 is 52.5 Å². The van der Waals surface area contributed by atoms with E-state index in [1.807, 2.05) is 36.4 Å². The van der Waals surface area contributed by atoms with Crippen LogP contribution in [0.3, 0.4) is 0 Å². The fourth-order valence-electron chi connectivity index (χ4n) is 1.78. The summed E-state index contributed by atoms with van der Waals surface area (Å²) in [6.45, 7) is 0.436. The Balaban J connectivity index is 1.74. The van der Waals surface area contributed by atoms with Crippen LogP contribution in [0.25, 0.3) is 0 Å². The first kappa shape index (κ1) is 17.5. The van der Waals surface area contributed by atoms with Gasteiger partial charge >= 0.3 is 0 Å². The lowest BCUT2D eigenvalue weighted by atomic mass is 10.2. The van der Waals surface area contributed by atoms with Gasteiger partial charge in [0.1, 0.15) is 0 Å². The van der Waals surface area contributed by atoms with Crippen molar-refractivity contribution in [3.05, 3.63) is 68.7 Å².